The van der Waals surface area contributed by atoms with Crippen molar-refractivity contribution in [3.63, 3.8) is 0 Å². The average Bonchev–Trinajstić information content (AvgIpc) is 3.31. The minimum atomic E-state index is 0.0215. The van der Waals surface area contributed by atoms with Gasteiger partial charge in [0.05, 0.1) is 5.56 Å². The molecule has 4 rings (SSSR count). The summed E-state index contributed by atoms with van der Waals surface area (Å²) in [5, 5.41) is 0. The molecule has 1 amide bonds. The van der Waals surface area contributed by atoms with Gasteiger partial charge in [-0.25, -0.2) is 15.0 Å². The van der Waals surface area contributed by atoms with E-state index in [9.17, 15) is 4.79 Å². The molecule has 3 aromatic heterocycles. The summed E-state index contributed by atoms with van der Waals surface area (Å²) >= 11 is 0. The van der Waals surface area contributed by atoms with Crippen LogP contribution in [0.5, 0.6) is 0 Å². The Labute approximate surface area is 151 Å². The van der Waals surface area contributed by atoms with Gasteiger partial charge < -0.3 is 9.88 Å². The minimum absolute atomic E-state index is 0.0215. The molecular weight excluding hydrogens is 328 g/mol. The number of likely N-dealkylation sites (tertiary alicyclic amines) is 1. The number of nitrogens with zero attached hydrogens (tertiary/aromatic N) is 5. The van der Waals surface area contributed by atoms with Crippen LogP contribution in [-0.4, -0.2) is 48.8 Å². The number of amides is 1. The fourth-order valence-corrected chi connectivity index (χ4v) is 3.32. The summed E-state index contributed by atoms with van der Waals surface area (Å²) in [6.45, 7) is 5.22. The molecule has 0 radical (unpaired) electrons. The number of carbonyl (C=O) groups is 1. The van der Waals surface area contributed by atoms with Gasteiger partial charge in [0.25, 0.3) is 5.91 Å². The van der Waals surface area contributed by atoms with Crippen molar-refractivity contribution in [1.29, 1.82) is 0 Å². The number of nitrogens with one attached hydrogen (secondary N) is 1. The number of pyridine rings is 1. The van der Waals surface area contributed by atoms with Gasteiger partial charge in [-0.15, -0.1) is 0 Å². The van der Waals surface area contributed by atoms with Gasteiger partial charge in [0.2, 0.25) is 0 Å². The number of hydrogen-bond acceptors (Lipinski definition) is 5. The first-order valence-corrected chi connectivity index (χ1v) is 8.67. The lowest BCUT2D eigenvalue weighted by Crippen LogP contribution is -2.28. The maximum absolute atomic E-state index is 12.6. The number of aromatic nitrogens is 5. The Morgan fingerprint density at radius 3 is 2.88 bits per heavy atom. The number of H-pyrrole nitrogens is 1. The van der Waals surface area contributed by atoms with Crippen LogP contribution < -0.4 is 0 Å². The third kappa shape index (κ3) is 3.20. The Morgan fingerprint density at radius 2 is 2.15 bits per heavy atom. The number of aromatic amines is 1. The first-order chi connectivity index (χ1) is 12.6. The lowest BCUT2D eigenvalue weighted by molar-refractivity contribution is 0.0790. The Kier molecular flexibility index (Phi) is 4.20. The van der Waals surface area contributed by atoms with Crippen molar-refractivity contribution >= 4 is 5.91 Å². The largest absolute Gasteiger partial charge is 0.341 e. The van der Waals surface area contributed by atoms with Crippen LogP contribution in [0.3, 0.4) is 0 Å². The Balaban J connectivity index is 1.55. The highest BCUT2D eigenvalue weighted by molar-refractivity contribution is 5.94. The van der Waals surface area contributed by atoms with E-state index in [4.69, 9.17) is 0 Å². The van der Waals surface area contributed by atoms with Gasteiger partial charge in [0, 0.05) is 49.0 Å². The SMILES string of the molecule is Cc1nc(-c2ncc(C)[nH]2)cc([C@@H]2CCN(C(=O)c3cccnc3)C2)n1. The fraction of sp³-hybridized carbons (Fsp3) is 0.316. The molecule has 7 heteroatoms. The molecule has 0 spiro atoms. The van der Waals surface area contributed by atoms with Crippen LogP contribution in [0.15, 0.2) is 36.8 Å². The van der Waals surface area contributed by atoms with E-state index in [1.807, 2.05) is 24.8 Å². The molecule has 1 saturated heterocycles. The van der Waals surface area contributed by atoms with Gasteiger partial charge in [0.15, 0.2) is 5.82 Å². The molecule has 1 aliphatic rings. The maximum atomic E-state index is 12.6. The first kappa shape index (κ1) is 16.4. The number of hydrogen-bond donors (Lipinski definition) is 1. The van der Waals surface area contributed by atoms with Crippen molar-refractivity contribution in [2.24, 2.45) is 0 Å². The monoisotopic (exact) mass is 348 g/mol. The molecule has 1 aliphatic heterocycles. The quantitative estimate of drug-likeness (QED) is 0.786. The maximum Gasteiger partial charge on any atom is 0.255 e. The van der Waals surface area contributed by atoms with E-state index in [2.05, 4.69) is 24.9 Å². The first-order valence-electron chi connectivity index (χ1n) is 8.67. The van der Waals surface area contributed by atoms with Crippen molar-refractivity contribution in [3.05, 3.63) is 59.6 Å². The lowest BCUT2D eigenvalue weighted by Gasteiger charge is -2.16. The normalized spacial score (nSPS) is 16.8. The van der Waals surface area contributed by atoms with E-state index in [0.717, 1.165) is 35.9 Å². The van der Waals surface area contributed by atoms with E-state index in [0.29, 0.717) is 17.9 Å². The van der Waals surface area contributed by atoms with E-state index in [1.165, 1.54) is 0 Å². The molecule has 1 N–H and O–H groups in total. The fourth-order valence-electron chi connectivity index (χ4n) is 3.32. The van der Waals surface area contributed by atoms with Crippen LogP contribution in [0, 0.1) is 13.8 Å². The van der Waals surface area contributed by atoms with Crippen LogP contribution >= 0.6 is 0 Å². The third-order valence-corrected chi connectivity index (χ3v) is 4.61. The molecule has 1 atom stereocenters. The lowest BCUT2D eigenvalue weighted by atomic mass is 10.0. The predicted octanol–water partition coefficient (Wildman–Crippen LogP) is 2.51. The smallest absolute Gasteiger partial charge is 0.255 e. The van der Waals surface area contributed by atoms with E-state index in [-0.39, 0.29) is 11.8 Å². The molecular formula is C19H20N6O. The number of carbonyl (C=O) groups excluding carboxylic acids is 1. The van der Waals surface area contributed by atoms with Crippen molar-refractivity contribution < 1.29 is 4.79 Å². The molecule has 1 fully saturated rings. The second kappa shape index (κ2) is 6.67. The summed E-state index contributed by atoms with van der Waals surface area (Å²) in [5.41, 5.74) is 3.37. The molecule has 0 aromatic carbocycles. The van der Waals surface area contributed by atoms with Crippen LogP contribution in [0.25, 0.3) is 11.5 Å². The van der Waals surface area contributed by atoms with Crippen LogP contribution in [0.2, 0.25) is 0 Å². The zero-order chi connectivity index (χ0) is 18.1. The van der Waals surface area contributed by atoms with Gasteiger partial charge in [-0.3, -0.25) is 9.78 Å². The van der Waals surface area contributed by atoms with Crippen molar-refractivity contribution in [2.45, 2.75) is 26.2 Å². The summed E-state index contributed by atoms with van der Waals surface area (Å²) in [4.78, 5) is 35.2. The highest BCUT2D eigenvalue weighted by Gasteiger charge is 2.29. The Hall–Kier alpha value is -3.09. The minimum Gasteiger partial charge on any atom is -0.341 e. The molecule has 132 valence electrons. The van der Waals surface area contributed by atoms with Crippen molar-refractivity contribution in [2.75, 3.05) is 13.1 Å². The predicted molar refractivity (Wildman–Crippen MR) is 96.6 cm³/mol. The van der Waals surface area contributed by atoms with E-state index < -0.39 is 0 Å². The number of imidazole rings is 1. The summed E-state index contributed by atoms with van der Waals surface area (Å²) < 4.78 is 0. The van der Waals surface area contributed by atoms with Gasteiger partial charge in [-0.05, 0) is 38.5 Å². The Morgan fingerprint density at radius 1 is 1.27 bits per heavy atom. The summed E-state index contributed by atoms with van der Waals surface area (Å²) in [6, 6.07) is 5.56. The standard InChI is InChI=1S/C19H20N6O/c1-12-9-21-18(22-12)17-8-16(23-13(2)24-17)15-5-7-25(11-15)19(26)14-4-3-6-20-10-14/h3-4,6,8-10,15H,5,7,11H2,1-2H3,(H,21,22)/t15-/m1/s1. The van der Waals surface area contributed by atoms with Gasteiger partial charge >= 0.3 is 0 Å². The third-order valence-electron chi connectivity index (χ3n) is 4.61. The zero-order valence-corrected chi connectivity index (χ0v) is 14.8. The van der Waals surface area contributed by atoms with Crippen molar-refractivity contribution in [1.82, 2.24) is 29.8 Å². The molecule has 0 saturated carbocycles. The summed E-state index contributed by atoms with van der Waals surface area (Å²) in [7, 11) is 0. The second-order valence-electron chi connectivity index (χ2n) is 6.62. The molecule has 0 unspecified atom stereocenters. The highest BCUT2D eigenvalue weighted by Crippen LogP contribution is 2.28. The van der Waals surface area contributed by atoms with Crippen LogP contribution in [0.1, 0.15) is 39.9 Å². The molecule has 26 heavy (non-hydrogen) atoms. The van der Waals surface area contributed by atoms with Gasteiger partial charge in [0.1, 0.15) is 11.5 Å². The zero-order valence-electron chi connectivity index (χ0n) is 14.8. The van der Waals surface area contributed by atoms with Crippen LogP contribution in [-0.2, 0) is 0 Å². The Bertz CT molecular complexity index is 936. The molecule has 3 aromatic rings. The number of rotatable bonds is 3. The van der Waals surface area contributed by atoms with Gasteiger partial charge in [-0.2, -0.15) is 0 Å². The van der Waals surface area contributed by atoms with E-state index >= 15 is 0 Å². The molecule has 7 nitrogen and oxygen atoms in total. The topological polar surface area (TPSA) is 87.7 Å². The van der Waals surface area contributed by atoms with Gasteiger partial charge in [-0.1, -0.05) is 0 Å². The number of aryl methyl sites for hydroxylation is 2. The van der Waals surface area contributed by atoms with E-state index in [1.54, 1.807) is 30.7 Å². The molecule has 0 bridgehead atoms. The highest BCUT2D eigenvalue weighted by atomic mass is 16.2. The van der Waals surface area contributed by atoms with Crippen molar-refractivity contribution in [3.8, 4) is 11.5 Å². The van der Waals surface area contributed by atoms with Crippen LogP contribution in [0.4, 0.5) is 0 Å². The summed E-state index contributed by atoms with van der Waals surface area (Å²) in [6.07, 6.45) is 5.96. The average molecular weight is 348 g/mol. The molecule has 0 aliphatic carbocycles. The second-order valence-corrected chi connectivity index (χ2v) is 6.62. The molecule has 4 heterocycles. The summed E-state index contributed by atoms with van der Waals surface area (Å²) in [5.74, 6) is 1.68.